The molecule has 0 aliphatic heterocycles. The minimum Gasteiger partial charge on any atom is -0.455 e. The molecule has 0 bridgehead atoms. The van der Waals surface area contributed by atoms with E-state index in [1.54, 1.807) is 0 Å². The first-order chi connectivity index (χ1) is 9.29. The SMILES string of the molecule is Cc1nc(C2CCCCC2)c(C(=O)OC(C)(C)C)n1C. The Balaban J connectivity index is 2.33. The fraction of sp³-hybridized carbons (Fsp3) is 0.750. The van der Waals surface area contributed by atoms with Crippen molar-refractivity contribution < 1.29 is 9.53 Å². The van der Waals surface area contributed by atoms with Gasteiger partial charge in [0, 0.05) is 13.0 Å². The largest absolute Gasteiger partial charge is 0.455 e. The first kappa shape index (κ1) is 15.1. The normalized spacial score (nSPS) is 17.2. The minimum atomic E-state index is -0.473. The number of imidazole rings is 1. The summed E-state index contributed by atoms with van der Waals surface area (Å²) in [6, 6.07) is 0. The van der Waals surface area contributed by atoms with E-state index in [0.29, 0.717) is 11.6 Å². The van der Waals surface area contributed by atoms with E-state index in [-0.39, 0.29) is 5.97 Å². The first-order valence-electron chi connectivity index (χ1n) is 7.56. The van der Waals surface area contributed by atoms with Crippen molar-refractivity contribution in [3.63, 3.8) is 0 Å². The molecule has 1 aliphatic rings. The van der Waals surface area contributed by atoms with Crippen LogP contribution in [-0.2, 0) is 11.8 Å². The molecule has 0 radical (unpaired) electrons. The Morgan fingerprint density at radius 2 is 1.85 bits per heavy atom. The Bertz CT molecular complexity index is 491. The Hall–Kier alpha value is -1.32. The lowest BCUT2D eigenvalue weighted by molar-refractivity contribution is 0.00565. The first-order valence-corrected chi connectivity index (χ1v) is 7.56. The van der Waals surface area contributed by atoms with Crippen LogP contribution in [0.3, 0.4) is 0 Å². The maximum Gasteiger partial charge on any atom is 0.357 e. The van der Waals surface area contributed by atoms with Gasteiger partial charge in [-0.25, -0.2) is 9.78 Å². The van der Waals surface area contributed by atoms with E-state index < -0.39 is 5.60 Å². The smallest absolute Gasteiger partial charge is 0.357 e. The van der Waals surface area contributed by atoms with Crippen LogP contribution in [-0.4, -0.2) is 21.1 Å². The van der Waals surface area contributed by atoms with E-state index in [1.807, 2.05) is 39.3 Å². The fourth-order valence-corrected chi connectivity index (χ4v) is 2.86. The molecule has 0 spiro atoms. The Morgan fingerprint density at radius 3 is 2.40 bits per heavy atom. The number of hydrogen-bond acceptors (Lipinski definition) is 3. The van der Waals surface area contributed by atoms with Crippen LogP contribution in [0.2, 0.25) is 0 Å². The molecule has 1 saturated carbocycles. The molecule has 0 atom stereocenters. The molecule has 1 aliphatic carbocycles. The van der Waals surface area contributed by atoms with Gasteiger partial charge in [-0.1, -0.05) is 19.3 Å². The molecular formula is C16H26N2O2. The second kappa shape index (κ2) is 5.58. The van der Waals surface area contributed by atoms with E-state index >= 15 is 0 Å². The van der Waals surface area contributed by atoms with Crippen molar-refractivity contribution >= 4 is 5.97 Å². The number of aromatic nitrogens is 2. The van der Waals surface area contributed by atoms with E-state index in [1.165, 1.54) is 19.3 Å². The van der Waals surface area contributed by atoms with Crippen molar-refractivity contribution in [3.05, 3.63) is 17.2 Å². The second-order valence-corrected chi connectivity index (χ2v) is 6.79. The van der Waals surface area contributed by atoms with Crippen LogP contribution in [0.5, 0.6) is 0 Å². The number of esters is 1. The number of rotatable bonds is 2. The minimum absolute atomic E-state index is 0.249. The van der Waals surface area contributed by atoms with Crippen LogP contribution in [0.15, 0.2) is 0 Å². The third-order valence-corrected chi connectivity index (χ3v) is 3.93. The van der Waals surface area contributed by atoms with Crippen molar-refractivity contribution in [1.29, 1.82) is 0 Å². The van der Waals surface area contributed by atoms with Crippen molar-refractivity contribution in [2.75, 3.05) is 0 Å². The summed E-state index contributed by atoms with van der Waals surface area (Å²) in [4.78, 5) is 17.1. The molecule has 112 valence electrons. The molecule has 0 saturated heterocycles. The van der Waals surface area contributed by atoms with Crippen LogP contribution in [0.25, 0.3) is 0 Å². The number of hydrogen-bond donors (Lipinski definition) is 0. The van der Waals surface area contributed by atoms with Crippen molar-refractivity contribution in [2.24, 2.45) is 7.05 Å². The predicted molar refractivity (Wildman–Crippen MR) is 78.9 cm³/mol. The lowest BCUT2D eigenvalue weighted by Crippen LogP contribution is -2.26. The van der Waals surface area contributed by atoms with Gasteiger partial charge in [-0.15, -0.1) is 0 Å². The van der Waals surface area contributed by atoms with Gasteiger partial charge in [-0.2, -0.15) is 0 Å². The van der Waals surface area contributed by atoms with Gasteiger partial charge in [0.05, 0.1) is 5.69 Å². The van der Waals surface area contributed by atoms with E-state index in [4.69, 9.17) is 4.74 Å². The summed E-state index contributed by atoms with van der Waals surface area (Å²) in [6.45, 7) is 7.64. The lowest BCUT2D eigenvalue weighted by atomic mass is 9.86. The molecule has 0 unspecified atom stereocenters. The standard InChI is InChI=1S/C16H26N2O2/c1-11-17-13(12-9-7-6-8-10-12)14(18(11)5)15(19)20-16(2,3)4/h12H,6-10H2,1-5H3. The van der Waals surface area contributed by atoms with Gasteiger partial charge in [-0.05, 0) is 40.5 Å². The van der Waals surface area contributed by atoms with Gasteiger partial charge in [0.2, 0.25) is 0 Å². The average Bonchev–Trinajstić information content (AvgIpc) is 2.65. The van der Waals surface area contributed by atoms with Gasteiger partial charge in [0.1, 0.15) is 11.4 Å². The zero-order valence-corrected chi connectivity index (χ0v) is 13.3. The molecule has 0 aromatic carbocycles. The van der Waals surface area contributed by atoms with Gasteiger partial charge in [-0.3, -0.25) is 0 Å². The van der Waals surface area contributed by atoms with E-state index in [0.717, 1.165) is 24.4 Å². The summed E-state index contributed by atoms with van der Waals surface area (Å²) in [5.74, 6) is 1.04. The molecular weight excluding hydrogens is 252 g/mol. The Kier molecular flexibility index (Phi) is 4.21. The van der Waals surface area contributed by atoms with Crippen LogP contribution < -0.4 is 0 Å². The van der Waals surface area contributed by atoms with Crippen molar-refractivity contribution in [1.82, 2.24) is 9.55 Å². The number of aryl methyl sites for hydroxylation is 1. The maximum absolute atomic E-state index is 12.5. The molecule has 0 N–H and O–H groups in total. The van der Waals surface area contributed by atoms with Gasteiger partial charge >= 0.3 is 5.97 Å². The van der Waals surface area contributed by atoms with Crippen LogP contribution in [0.1, 0.15) is 80.8 Å². The molecule has 1 heterocycles. The highest BCUT2D eigenvalue weighted by atomic mass is 16.6. The molecule has 4 nitrogen and oxygen atoms in total. The quantitative estimate of drug-likeness (QED) is 0.774. The fourth-order valence-electron chi connectivity index (χ4n) is 2.86. The van der Waals surface area contributed by atoms with Crippen molar-refractivity contribution in [2.45, 2.75) is 71.3 Å². The van der Waals surface area contributed by atoms with E-state index in [9.17, 15) is 4.79 Å². The zero-order valence-electron chi connectivity index (χ0n) is 13.3. The van der Waals surface area contributed by atoms with Gasteiger partial charge in [0.25, 0.3) is 0 Å². The molecule has 1 fully saturated rings. The summed E-state index contributed by atoms with van der Waals surface area (Å²) in [6.07, 6.45) is 6.02. The summed E-state index contributed by atoms with van der Waals surface area (Å²) in [5.41, 5.74) is 1.11. The number of carbonyl (C=O) groups is 1. The second-order valence-electron chi connectivity index (χ2n) is 6.79. The van der Waals surface area contributed by atoms with E-state index in [2.05, 4.69) is 4.98 Å². The lowest BCUT2D eigenvalue weighted by Gasteiger charge is -2.23. The molecule has 1 aromatic rings. The molecule has 20 heavy (non-hydrogen) atoms. The summed E-state index contributed by atoms with van der Waals surface area (Å²) >= 11 is 0. The Morgan fingerprint density at radius 1 is 1.25 bits per heavy atom. The highest BCUT2D eigenvalue weighted by Gasteiger charge is 2.29. The molecule has 0 amide bonds. The molecule has 4 heteroatoms. The van der Waals surface area contributed by atoms with Crippen LogP contribution in [0, 0.1) is 6.92 Å². The monoisotopic (exact) mass is 278 g/mol. The number of carbonyl (C=O) groups excluding carboxylic acids is 1. The topological polar surface area (TPSA) is 44.1 Å². The summed E-state index contributed by atoms with van der Waals surface area (Å²) in [5, 5.41) is 0. The highest BCUT2D eigenvalue weighted by molar-refractivity contribution is 5.89. The summed E-state index contributed by atoms with van der Waals surface area (Å²) < 4.78 is 7.42. The maximum atomic E-state index is 12.5. The highest BCUT2D eigenvalue weighted by Crippen LogP contribution is 2.34. The number of nitrogens with zero attached hydrogens (tertiary/aromatic N) is 2. The van der Waals surface area contributed by atoms with Crippen LogP contribution in [0.4, 0.5) is 0 Å². The van der Waals surface area contributed by atoms with Crippen molar-refractivity contribution in [3.8, 4) is 0 Å². The Labute approximate surface area is 121 Å². The van der Waals surface area contributed by atoms with Gasteiger partial charge < -0.3 is 9.30 Å². The molecule has 1 aromatic heterocycles. The average molecular weight is 278 g/mol. The zero-order chi connectivity index (χ0) is 14.9. The van der Waals surface area contributed by atoms with Crippen LogP contribution >= 0.6 is 0 Å². The summed E-state index contributed by atoms with van der Waals surface area (Å²) in [7, 11) is 1.90. The third kappa shape index (κ3) is 3.22. The molecule has 2 rings (SSSR count). The van der Waals surface area contributed by atoms with Gasteiger partial charge in [0.15, 0.2) is 5.69 Å². The third-order valence-electron chi connectivity index (χ3n) is 3.93. The number of ether oxygens (including phenoxy) is 1. The predicted octanol–water partition coefficient (Wildman–Crippen LogP) is 3.73.